The fourth-order valence-electron chi connectivity index (χ4n) is 3.09. The van der Waals surface area contributed by atoms with Crippen LogP contribution in [0.1, 0.15) is 5.69 Å². The topological polar surface area (TPSA) is 73.1 Å². The molecule has 4 N–H and O–H groups in total. The van der Waals surface area contributed by atoms with Gasteiger partial charge >= 0.3 is 0 Å². The van der Waals surface area contributed by atoms with E-state index in [-0.39, 0.29) is 0 Å². The van der Waals surface area contributed by atoms with Gasteiger partial charge in [0.1, 0.15) is 0 Å². The summed E-state index contributed by atoms with van der Waals surface area (Å²) in [4.78, 5) is 0. The highest BCUT2D eigenvalue weighted by Gasteiger charge is 2.10. The molecule has 3 aromatic rings. The van der Waals surface area contributed by atoms with E-state index in [0.29, 0.717) is 21.9 Å². The van der Waals surface area contributed by atoms with Gasteiger partial charge in [-0.1, -0.05) is 61.7 Å². The predicted octanol–water partition coefficient (Wildman–Crippen LogP) is 3.48. The third-order valence-corrected chi connectivity index (χ3v) is 4.95. The minimum Gasteiger partial charge on any atom is -0.404 e. The van der Waals surface area contributed by atoms with Crippen LogP contribution in [0.5, 0.6) is 0 Å². The van der Waals surface area contributed by atoms with Crippen LogP contribution in [-0.2, 0) is 0 Å². The Kier molecular flexibility index (Phi) is 6.92. The Hall–Kier alpha value is -3.80. The molecule has 0 fully saturated rings. The van der Waals surface area contributed by atoms with Crippen molar-refractivity contribution in [2.75, 3.05) is 0 Å². The quantitative estimate of drug-likeness (QED) is 0.342. The molecule has 0 aliphatic rings. The van der Waals surface area contributed by atoms with Crippen molar-refractivity contribution in [1.29, 1.82) is 0 Å². The van der Waals surface area contributed by atoms with Gasteiger partial charge in [-0.15, -0.1) is 0 Å². The molecule has 2 aromatic carbocycles. The Balaban J connectivity index is 1.88. The van der Waals surface area contributed by atoms with Gasteiger partial charge in [0, 0.05) is 22.6 Å². The van der Waals surface area contributed by atoms with Crippen molar-refractivity contribution in [3.8, 4) is 5.69 Å². The van der Waals surface area contributed by atoms with E-state index >= 15 is 0 Å². The summed E-state index contributed by atoms with van der Waals surface area (Å²) in [5, 5.41) is 8.22. The van der Waals surface area contributed by atoms with Crippen molar-refractivity contribution in [2.24, 2.45) is 11.6 Å². The molecule has 0 amide bonds. The van der Waals surface area contributed by atoms with Crippen LogP contribution in [0.25, 0.3) is 23.2 Å². The molecule has 3 rings (SSSR count). The average Bonchev–Trinajstić information content (AvgIpc) is 3.27. The van der Waals surface area contributed by atoms with Gasteiger partial charge in [0.25, 0.3) is 0 Å². The van der Waals surface area contributed by atoms with E-state index in [1.807, 2.05) is 54.6 Å². The fourth-order valence-corrected chi connectivity index (χ4v) is 3.28. The highest BCUT2D eigenvalue weighted by atomic mass is 35.5. The molecule has 6 heteroatoms. The summed E-state index contributed by atoms with van der Waals surface area (Å²) in [7, 11) is 0. The van der Waals surface area contributed by atoms with Crippen molar-refractivity contribution in [3.63, 3.8) is 0 Å². The SMILES string of the molecule is C=C/C(=c1/cccc/c1=C/N)N(N)/C=C\C(=C)C(=C)c1ccnn1-c1cccc(Cl)c1. The number of halogens is 1. The standard InChI is InChI=1S/C25H24ClN5/c1-4-24(23-11-6-5-8-20(23)17-27)30(28)15-13-18(2)19(3)25-12-14-29-31(25)22-10-7-9-21(26)16-22/h4-17H,1-3,27-28H2/b15-13-,20-17-,24-23+. The van der Waals surface area contributed by atoms with Crippen molar-refractivity contribution in [1.82, 2.24) is 14.8 Å². The van der Waals surface area contributed by atoms with Crippen LogP contribution in [0.2, 0.25) is 5.02 Å². The maximum atomic E-state index is 6.27. The van der Waals surface area contributed by atoms with Crippen LogP contribution in [0.3, 0.4) is 0 Å². The second kappa shape index (κ2) is 9.80. The molecule has 0 saturated carbocycles. The van der Waals surface area contributed by atoms with Gasteiger partial charge in [0.05, 0.1) is 23.3 Å². The first-order chi connectivity index (χ1) is 15.0. The fraction of sp³-hybridized carbons (Fsp3) is 0. The monoisotopic (exact) mass is 429 g/mol. The van der Waals surface area contributed by atoms with Crippen LogP contribution >= 0.6 is 11.6 Å². The molecule has 0 aliphatic carbocycles. The van der Waals surface area contributed by atoms with Gasteiger partial charge in [-0.05, 0) is 52.8 Å². The number of hydrogen-bond acceptors (Lipinski definition) is 4. The number of rotatable bonds is 7. The smallest absolute Gasteiger partial charge is 0.0740 e. The second-order valence-corrected chi connectivity index (χ2v) is 7.11. The van der Waals surface area contributed by atoms with Gasteiger partial charge in [-0.25, -0.2) is 10.5 Å². The Morgan fingerprint density at radius 3 is 2.58 bits per heavy atom. The lowest BCUT2D eigenvalue weighted by Crippen LogP contribution is -2.35. The molecule has 5 nitrogen and oxygen atoms in total. The van der Waals surface area contributed by atoms with Gasteiger partial charge in [-0.3, -0.25) is 5.01 Å². The molecule has 0 bridgehead atoms. The summed E-state index contributed by atoms with van der Waals surface area (Å²) >= 11 is 6.12. The second-order valence-electron chi connectivity index (χ2n) is 6.68. The lowest BCUT2D eigenvalue weighted by atomic mass is 10.1. The summed E-state index contributed by atoms with van der Waals surface area (Å²) in [6, 6.07) is 17.0. The number of nitrogens with zero attached hydrogens (tertiary/aromatic N) is 3. The first-order valence-electron chi connectivity index (χ1n) is 9.50. The maximum Gasteiger partial charge on any atom is 0.0740 e. The Morgan fingerprint density at radius 1 is 1.10 bits per heavy atom. The molecule has 0 aliphatic heterocycles. The molecule has 0 spiro atoms. The van der Waals surface area contributed by atoms with E-state index in [9.17, 15) is 0 Å². The van der Waals surface area contributed by atoms with E-state index < -0.39 is 0 Å². The third kappa shape index (κ3) is 4.86. The number of nitrogens with two attached hydrogens (primary N) is 2. The molecule has 0 unspecified atom stereocenters. The lowest BCUT2D eigenvalue weighted by Gasteiger charge is -2.16. The Morgan fingerprint density at radius 2 is 1.87 bits per heavy atom. The average molecular weight is 430 g/mol. The number of hydrazine groups is 1. The molecular formula is C25H24ClN5. The summed E-state index contributed by atoms with van der Waals surface area (Å²) < 4.78 is 1.77. The van der Waals surface area contributed by atoms with Crippen LogP contribution in [0, 0.1) is 0 Å². The molecule has 0 radical (unpaired) electrons. The number of allylic oxidation sites excluding steroid dienone is 3. The molecule has 0 saturated heterocycles. The van der Waals surface area contributed by atoms with Crippen molar-refractivity contribution in [2.45, 2.75) is 0 Å². The maximum absolute atomic E-state index is 6.27. The Labute approximate surface area is 186 Å². The number of hydrogen-bond donors (Lipinski definition) is 2. The molecular weight excluding hydrogens is 406 g/mol. The van der Waals surface area contributed by atoms with Crippen molar-refractivity contribution in [3.05, 3.63) is 126 Å². The summed E-state index contributed by atoms with van der Waals surface area (Å²) in [5.74, 6) is 6.27. The van der Waals surface area contributed by atoms with Crippen molar-refractivity contribution >= 4 is 29.1 Å². The number of benzene rings is 2. The first kappa shape index (κ1) is 21.9. The zero-order valence-electron chi connectivity index (χ0n) is 17.1. The highest BCUT2D eigenvalue weighted by Crippen LogP contribution is 2.24. The van der Waals surface area contributed by atoms with Gasteiger partial charge < -0.3 is 5.73 Å². The van der Waals surface area contributed by atoms with Crippen LogP contribution < -0.4 is 22.0 Å². The van der Waals surface area contributed by atoms with Crippen LogP contribution in [0.15, 0.2) is 104 Å². The summed E-state index contributed by atoms with van der Waals surface area (Å²) in [6.45, 7) is 12.2. The van der Waals surface area contributed by atoms with E-state index in [1.54, 1.807) is 29.2 Å². The van der Waals surface area contributed by atoms with Crippen LogP contribution in [0.4, 0.5) is 0 Å². The van der Waals surface area contributed by atoms with E-state index in [2.05, 4.69) is 24.8 Å². The summed E-state index contributed by atoms with van der Waals surface area (Å²) in [5.41, 5.74) is 9.47. The minimum atomic E-state index is 0.629. The molecule has 31 heavy (non-hydrogen) atoms. The predicted molar refractivity (Wildman–Crippen MR) is 130 cm³/mol. The highest BCUT2D eigenvalue weighted by molar-refractivity contribution is 6.30. The third-order valence-electron chi connectivity index (χ3n) is 4.72. The van der Waals surface area contributed by atoms with Gasteiger partial charge in [0.15, 0.2) is 0 Å². The zero-order chi connectivity index (χ0) is 22.4. The first-order valence-corrected chi connectivity index (χ1v) is 9.88. The zero-order valence-corrected chi connectivity index (χ0v) is 17.8. The summed E-state index contributed by atoms with van der Waals surface area (Å²) in [6.07, 6.45) is 8.41. The Bertz CT molecular complexity index is 1280. The molecule has 156 valence electrons. The lowest BCUT2D eigenvalue weighted by molar-refractivity contribution is 0.567. The molecule has 0 atom stereocenters. The number of aromatic nitrogens is 2. The van der Waals surface area contributed by atoms with Crippen molar-refractivity contribution < 1.29 is 0 Å². The van der Waals surface area contributed by atoms with Gasteiger partial charge in [-0.2, -0.15) is 5.10 Å². The van der Waals surface area contributed by atoms with E-state index in [1.165, 1.54) is 11.2 Å². The van der Waals surface area contributed by atoms with E-state index in [4.69, 9.17) is 23.2 Å². The van der Waals surface area contributed by atoms with Crippen LogP contribution in [-0.4, -0.2) is 14.8 Å². The normalized spacial score (nSPS) is 12.6. The van der Waals surface area contributed by atoms with E-state index in [0.717, 1.165) is 21.8 Å². The van der Waals surface area contributed by atoms with Gasteiger partial charge in [0.2, 0.25) is 0 Å². The minimum absolute atomic E-state index is 0.629. The largest absolute Gasteiger partial charge is 0.404 e. The molecule has 1 aromatic heterocycles. The molecule has 1 heterocycles.